The van der Waals surface area contributed by atoms with Crippen molar-refractivity contribution < 1.29 is 19.4 Å². The predicted octanol–water partition coefficient (Wildman–Crippen LogP) is 3.13. The Kier molecular flexibility index (Phi) is 7.11. The van der Waals surface area contributed by atoms with Gasteiger partial charge in [-0.05, 0) is 6.08 Å². The third-order valence-electron chi connectivity index (χ3n) is 5.48. The number of methoxy groups -OCH3 is 2. The third-order valence-corrected chi connectivity index (χ3v) is 6.21. The SMILES string of the molecule is C=CC(=O)Nc1nn(C)cc1Nc1ncc2c(n1)N(C)C(O)N(c1c(Cl)c(OC)cc(OC)c1Cl)C2. The minimum absolute atomic E-state index is 0.199. The summed E-state index contributed by atoms with van der Waals surface area (Å²) in [6, 6.07) is 1.58. The van der Waals surface area contributed by atoms with Gasteiger partial charge in [-0.2, -0.15) is 10.1 Å². The molecule has 0 saturated carbocycles. The topological polar surface area (TPSA) is 130 Å². The molecule has 0 bridgehead atoms. The van der Waals surface area contributed by atoms with Crippen molar-refractivity contribution in [2.45, 2.75) is 12.9 Å². The molecule has 36 heavy (non-hydrogen) atoms. The zero-order valence-electron chi connectivity index (χ0n) is 19.9. The second-order valence-corrected chi connectivity index (χ2v) is 8.52. The number of nitrogens with one attached hydrogen (secondary N) is 2. The first-order chi connectivity index (χ1) is 17.2. The van der Waals surface area contributed by atoms with Crippen LogP contribution in [0.3, 0.4) is 0 Å². The molecule has 1 amide bonds. The van der Waals surface area contributed by atoms with E-state index >= 15 is 0 Å². The monoisotopic (exact) mass is 534 g/mol. The van der Waals surface area contributed by atoms with E-state index in [1.54, 1.807) is 42.4 Å². The van der Waals surface area contributed by atoms with E-state index in [1.165, 1.54) is 18.9 Å². The number of aliphatic hydroxyl groups is 1. The molecule has 2 aromatic heterocycles. The van der Waals surface area contributed by atoms with E-state index in [9.17, 15) is 9.90 Å². The zero-order valence-corrected chi connectivity index (χ0v) is 21.4. The molecule has 1 atom stereocenters. The fraction of sp³-hybridized carbons (Fsp3) is 0.273. The Morgan fingerprint density at radius 1 is 1.25 bits per heavy atom. The van der Waals surface area contributed by atoms with Crippen molar-refractivity contribution in [2.75, 3.05) is 41.7 Å². The van der Waals surface area contributed by atoms with Crippen molar-refractivity contribution in [3.8, 4) is 11.5 Å². The molecule has 0 fully saturated rings. The lowest BCUT2D eigenvalue weighted by Gasteiger charge is -2.42. The lowest BCUT2D eigenvalue weighted by Crippen LogP contribution is -2.51. The number of anilines is 5. The first-order valence-corrected chi connectivity index (χ1v) is 11.3. The summed E-state index contributed by atoms with van der Waals surface area (Å²) in [5, 5.41) is 21.5. The Morgan fingerprint density at radius 2 is 1.92 bits per heavy atom. The molecule has 3 aromatic rings. The fourth-order valence-electron chi connectivity index (χ4n) is 3.74. The summed E-state index contributed by atoms with van der Waals surface area (Å²) in [7, 11) is 6.34. The van der Waals surface area contributed by atoms with Crippen molar-refractivity contribution in [1.29, 1.82) is 0 Å². The molecule has 1 unspecified atom stereocenters. The van der Waals surface area contributed by atoms with Crippen molar-refractivity contribution in [3.05, 3.63) is 46.7 Å². The molecule has 4 rings (SSSR count). The van der Waals surface area contributed by atoms with Crippen LogP contribution in [-0.2, 0) is 18.4 Å². The average Bonchev–Trinajstić information content (AvgIpc) is 3.20. The molecular formula is C22H24Cl2N8O4. The van der Waals surface area contributed by atoms with Crippen molar-refractivity contribution >= 4 is 58.1 Å². The van der Waals surface area contributed by atoms with E-state index in [2.05, 4.69) is 32.3 Å². The number of aliphatic hydroxyl groups excluding tert-OH is 1. The van der Waals surface area contributed by atoms with Crippen LogP contribution in [0.4, 0.5) is 29.0 Å². The highest BCUT2D eigenvalue weighted by atomic mass is 35.5. The number of carbonyl (C=O) groups is 1. The first-order valence-electron chi connectivity index (χ1n) is 10.6. The van der Waals surface area contributed by atoms with Gasteiger partial charge in [0.2, 0.25) is 18.2 Å². The maximum absolute atomic E-state index is 11.7. The van der Waals surface area contributed by atoms with Gasteiger partial charge in [0.25, 0.3) is 0 Å². The van der Waals surface area contributed by atoms with Crippen LogP contribution in [0.1, 0.15) is 5.56 Å². The molecule has 3 heterocycles. The Labute approximate surface area is 217 Å². The molecule has 1 aromatic carbocycles. The van der Waals surface area contributed by atoms with Crippen LogP contribution in [0.2, 0.25) is 10.0 Å². The Bertz CT molecular complexity index is 1300. The first kappa shape index (κ1) is 25.4. The number of amides is 1. The van der Waals surface area contributed by atoms with Crippen LogP contribution in [0.25, 0.3) is 0 Å². The highest BCUT2D eigenvalue weighted by Crippen LogP contribution is 2.48. The molecule has 1 aliphatic heterocycles. The van der Waals surface area contributed by atoms with Crippen LogP contribution >= 0.6 is 23.2 Å². The highest BCUT2D eigenvalue weighted by Gasteiger charge is 2.34. The molecule has 0 radical (unpaired) electrons. The fourth-order valence-corrected chi connectivity index (χ4v) is 4.46. The summed E-state index contributed by atoms with van der Waals surface area (Å²) in [4.78, 5) is 23.8. The molecule has 190 valence electrons. The predicted molar refractivity (Wildman–Crippen MR) is 138 cm³/mol. The van der Waals surface area contributed by atoms with Gasteiger partial charge >= 0.3 is 0 Å². The largest absolute Gasteiger partial charge is 0.495 e. The number of carbonyl (C=O) groups excluding carboxylic acids is 1. The smallest absolute Gasteiger partial charge is 0.249 e. The number of ether oxygens (including phenoxy) is 2. The standard InChI is InChI=1S/C22H24Cl2N8O4/c1-6-15(33)27-19-12(10-30(2)29-19)26-21-25-8-11-9-32(22(34)31(3)20(11)28-21)18-16(23)13(35-4)7-14(36-5)17(18)24/h6-8,10,22,34H,1,9H2,2-5H3,(H,25,26,28)(H,27,29,33). The van der Waals surface area contributed by atoms with Gasteiger partial charge < -0.3 is 35.0 Å². The summed E-state index contributed by atoms with van der Waals surface area (Å²) in [6.07, 6.45) is 3.26. The van der Waals surface area contributed by atoms with Gasteiger partial charge in [0.15, 0.2) is 5.82 Å². The molecule has 1 aliphatic rings. The molecular weight excluding hydrogens is 511 g/mol. The highest BCUT2D eigenvalue weighted by molar-refractivity contribution is 6.41. The van der Waals surface area contributed by atoms with E-state index in [0.29, 0.717) is 40.1 Å². The van der Waals surface area contributed by atoms with Gasteiger partial charge in [-0.1, -0.05) is 29.8 Å². The number of benzene rings is 1. The summed E-state index contributed by atoms with van der Waals surface area (Å²) in [5.74, 6) is 1.30. The van der Waals surface area contributed by atoms with Gasteiger partial charge in [-0.3, -0.25) is 9.48 Å². The number of halogens is 2. The maximum Gasteiger partial charge on any atom is 0.249 e. The summed E-state index contributed by atoms with van der Waals surface area (Å²) >= 11 is 13.1. The second-order valence-electron chi connectivity index (χ2n) is 7.77. The molecule has 12 nitrogen and oxygen atoms in total. The minimum Gasteiger partial charge on any atom is -0.495 e. The molecule has 0 spiro atoms. The maximum atomic E-state index is 11.7. The van der Waals surface area contributed by atoms with Gasteiger partial charge in [0, 0.05) is 31.9 Å². The molecule has 0 aliphatic carbocycles. The quantitative estimate of drug-likeness (QED) is 0.388. The number of aromatic nitrogens is 4. The second kappa shape index (κ2) is 10.1. The molecule has 14 heteroatoms. The lowest BCUT2D eigenvalue weighted by atomic mass is 10.1. The number of fused-ring (bicyclic) bond motifs is 1. The molecule has 3 N–H and O–H groups in total. The van der Waals surface area contributed by atoms with Gasteiger partial charge in [0.05, 0.1) is 32.6 Å². The molecule has 0 saturated heterocycles. The number of nitrogens with zero attached hydrogens (tertiary/aromatic N) is 6. The Balaban J connectivity index is 1.67. The summed E-state index contributed by atoms with van der Waals surface area (Å²) in [5.41, 5.74) is 1.53. The van der Waals surface area contributed by atoms with Crippen LogP contribution in [0.5, 0.6) is 11.5 Å². The average molecular weight is 535 g/mol. The van der Waals surface area contributed by atoms with E-state index in [1.807, 2.05) is 0 Å². The third kappa shape index (κ3) is 4.57. The Morgan fingerprint density at radius 3 is 2.53 bits per heavy atom. The van der Waals surface area contributed by atoms with Crippen LogP contribution in [-0.4, -0.2) is 58.4 Å². The van der Waals surface area contributed by atoms with Crippen LogP contribution in [0.15, 0.2) is 31.1 Å². The number of hydrogen-bond donors (Lipinski definition) is 3. The van der Waals surface area contributed by atoms with Crippen LogP contribution in [0, 0.1) is 0 Å². The number of hydrogen-bond acceptors (Lipinski definition) is 10. The lowest BCUT2D eigenvalue weighted by molar-refractivity contribution is -0.111. The van der Waals surface area contributed by atoms with Gasteiger partial charge in [-0.15, -0.1) is 0 Å². The number of aryl methyl sites for hydroxylation is 1. The van der Waals surface area contributed by atoms with Gasteiger partial charge in [0.1, 0.15) is 33.0 Å². The Hall–Kier alpha value is -3.74. The summed E-state index contributed by atoms with van der Waals surface area (Å²) in [6.45, 7) is 3.64. The van der Waals surface area contributed by atoms with Gasteiger partial charge in [-0.25, -0.2) is 4.98 Å². The minimum atomic E-state index is -1.17. The van der Waals surface area contributed by atoms with Crippen molar-refractivity contribution in [2.24, 2.45) is 7.05 Å². The van der Waals surface area contributed by atoms with E-state index < -0.39 is 12.3 Å². The van der Waals surface area contributed by atoms with E-state index in [4.69, 9.17) is 32.7 Å². The van der Waals surface area contributed by atoms with E-state index in [-0.39, 0.29) is 22.5 Å². The zero-order chi connectivity index (χ0) is 26.1. The number of rotatable bonds is 7. The van der Waals surface area contributed by atoms with E-state index in [0.717, 1.165) is 6.08 Å². The van der Waals surface area contributed by atoms with Crippen LogP contribution < -0.4 is 29.9 Å². The van der Waals surface area contributed by atoms with Crippen molar-refractivity contribution in [1.82, 2.24) is 19.7 Å². The normalized spacial score (nSPS) is 14.8. The van der Waals surface area contributed by atoms with Crippen molar-refractivity contribution in [3.63, 3.8) is 0 Å². The summed E-state index contributed by atoms with van der Waals surface area (Å²) < 4.78 is 12.2.